The average molecular weight is 508 g/mol. The Bertz CT molecular complexity index is 1380. The third-order valence-corrected chi connectivity index (χ3v) is 9.97. The molecule has 2 aliphatic carbocycles. The maximum Gasteiger partial charge on any atom is 0.0493 e. The Hall–Kier alpha value is -2.54. The highest BCUT2D eigenvalue weighted by atomic mass is 15.1. The summed E-state index contributed by atoms with van der Waals surface area (Å²) in [7, 11) is 0. The predicted octanol–water partition coefficient (Wildman–Crippen LogP) is 10.8. The predicted molar refractivity (Wildman–Crippen MR) is 166 cm³/mol. The van der Waals surface area contributed by atoms with Crippen LogP contribution in [0.1, 0.15) is 120 Å². The minimum absolute atomic E-state index is 0.170. The molecule has 0 saturated carbocycles. The van der Waals surface area contributed by atoms with Crippen molar-refractivity contribution in [2.45, 2.75) is 124 Å². The van der Waals surface area contributed by atoms with Crippen molar-refractivity contribution in [3.05, 3.63) is 87.5 Å². The Morgan fingerprint density at radius 2 is 0.921 bits per heavy atom. The highest BCUT2D eigenvalue weighted by molar-refractivity contribution is 5.81. The fraction of sp³-hybridized carbons (Fsp3) is 0.514. The third kappa shape index (κ3) is 4.51. The van der Waals surface area contributed by atoms with Gasteiger partial charge in [-0.15, -0.1) is 0 Å². The second-order valence-electron chi connectivity index (χ2n) is 15.1. The van der Waals surface area contributed by atoms with Gasteiger partial charge >= 0.3 is 0 Å². The molecule has 1 nitrogen and oxygen atoms in total. The van der Waals surface area contributed by atoms with Gasteiger partial charge in [0.15, 0.2) is 0 Å². The maximum absolute atomic E-state index is 2.55. The minimum atomic E-state index is 0.170. The Morgan fingerprint density at radius 3 is 1.45 bits per heavy atom. The summed E-state index contributed by atoms with van der Waals surface area (Å²) in [5.74, 6) is 0. The first-order chi connectivity index (χ1) is 17.5. The van der Waals surface area contributed by atoms with E-state index < -0.39 is 0 Å². The molecule has 3 aromatic rings. The van der Waals surface area contributed by atoms with Crippen molar-refractivity contribution in [1.29, 1.82) is 0 Å². The normalized spacial score (nSPS) is 20.4. The van der Waals surface area contributed by atoms with Crippen molar-refractivity contribution in [3.8, 4) is 0 Å². The summed E-state index contributed by atoms with van der Waals surface area (Å²) in [6.07, 6.45) is 4.92. The van der Waals surface area contributed by atoms with E-state index in [2.05, 4.69) is 130 Å². The van der Waals surface area contributed by atoms with Crippen LogP contribution in [0.15, 0.2) is 48.5 Å². The number of anilines is 3. The number of rotatable bonds is 3. The van der Waals surface area contributed by atoms with Crippen LogP contribution in [0.4, 0.5) is 17.1 Å². The summed E-state index contributed by atoms with van der Waals surface area (Å²) in [5.41, 5.74) is 14.6. The molecule has 0 fully saturated rings. The van der Waals surface area contributed by atoms with E-state index >= 15 is 0 Å². The molecule has 202 valence electrons. The first kappa shape index (κ1) is 27.0. The quantitative estimate of drug-likeness (QED) is 0.341. The number of benzene rings is 3. The first-order valence-corrected chi connectivity index (χ1v) is 14.7. The van der Waals surface area contributed by atoms with Crippen LogP contribution < -0.4 is 4.90 Å². The Labute approximate surface area is 232 Å². The monoisotopic (exact) mass is 507 g/mol. The molecule has 0 radical (unpaired) electrons. The van der Waals surface area contributed by atoms with Gasteiger partial charge in [0.1, 0.15) is 0 Å². The number of hydrogen-bond acceptors (Lipinski definition) is 1. The van der Waals surface area contributed by atoms with Crippen molar-refractivity contribution in [1.82, 2.24) is 0 Å². The lowest BCUT2D eigenvalue weighted by molar-refractivity contribution is 0.331. The summed E-state index contributed by atoms with van der Waals surface area (Å²) >= 11 is 0. The Morgan fingerprint density at radius 1 is 0.474 bits per heavy atom. The molecule has 2 aliphatic rings. The molecule has 0 aromatic heterocycles. The van der Waals surface area contributed by atoms with Gasteiger partial charge in [0, 0.05) is 17.1 Å². The van der Waals surface area contributed by atoms with E-state index in [0.717, 1.165) is 0 Å². The summed E-state index contributed by atoms with van der Waals surface area (Å²) in [6, 6.07) is 19.4. The number of nitrogens with zero attached hydrogens (tertiary/aromatic N) is 1. The molecule has 0 bridgehead atoms. The molecule has 0 amide bonds. The highest BCUT2D eigenvalue weighted by Gasteiger charge is 2.39. The van der Waals surface area contributed by atoms with Gasteiger partial charge in [-0.05, 0) is 137 Å². The topological polar surface area (TPSA) is 3.24 Å². The summed E-state index contributed by atoms with van der Waals surface area (Å²) in [5, 5.41) is 0. The van der Waals surface area contributed by atoms with Crippen LogP contribution in [0.3, 0.4) is 0 Å². The molecule has 0 N–H and O–H groups in total. The van der Waals surface area contributed by atoms with Gasteiger partial charge in [0.2, 0.25) is 0 Å². The molecule has 0 unspecified atom stereocenters. The van der Waals surface area contributed by atoms with Crippen LogP contribution in [0.25, 0.3) is 0 Å². The van der Waals surface area contributed by atoms with Crippen LogP contribution in [-0.2, 0) is 21.7 Å². The van der Waals surface area contributed by atoms with Gasteiger partial charge in [-0.2, -0.15) is 0 Å². The Kier molecular flexibility index (Phi) is 6.22. The van der Waals surface area contributed by atoms with E-state index in [9.17, 15) is 0 Å². The molecule has 0 saturated heterocycles. The Balaban J connectivity index is 1.79. The second-order valence-corrected chi connectivity index (χ2v) is 15.1. The van der Waals surface area contributed by atoms with Crippen molar-refractivity contribution in [2.24, 2.45) is 0 Å². The number of hydrogen-bond donors (Lipinski definition) is 0. The van der Waals surface area contributed by atoms with Crippen molar-refractivity contribution in [3.63, 3.8) is 0 Å². The second kappa shape index (κ2) is 8.73. The van der Waals surface area contributed by atoms with Crippen LogP contribution in [0.2, 0.25) is 0 Å². The zero-order valence-electron chi connectivity index (χ0n) is 25.9. The van der Waals surface area contributed by atoms with Crippen molar-refractivity contribution < 1.29 is 0 Å². The molecule has 38 heavy (non-hydrogen) atoms. The first-order valence-electron chi connectivity index (χ1n) is 14.7. The summed E-state index contributed by atoms with van der Waals surface area (Å²) in [4.78, 5) is 2.55. The smallest absolute Gasteiger partial charge is 0.0493 e. The van der Waals surface area contributed by atoms with Crippen molar-refractivity contribution >= 4 is 17.1 Å². The lowest BCUT2D eigenvalue weighted by atomic mass is 9.62. The van der Waals surface area contributed by atoms with Crippen LogP contribution in [0, 0.1) is 20.8 Å². The van der Waals surface area contributed by atoms with Gasteiger partial charge in [-0.1, -0.05) is 73.6 Å². The molecular formula is C37H49N. The lowest BCUT2D eigenvalue weighted by Gasteiger charge is -2.44. The van der Waals surface area contributed by atoms with E-state index in [4.69, 9.17) is 0 Å². The highest BCUT2D eigenvalue weighted by Crippen LogP contribution is 2.51. The van der Waals surface area contributed by atoms with Crippen LogP contribution in [0.5, 0.6) is 0 Å². The largest absolute Gasteiger partial charge is 0.310 e. The standard InChI is InChI=1S/C37H49N/c1-24-18-25(2)20-28(19-24)38(27-12-13-29-31(22-27)36(8,9)15-14-34(29,4)5)33-23-32-30(21-26(33)3)35(6,7)16-17-37(32,10)11/h12-13,18-23H,14-17H2,1-11H3. The van der Waals surface area contributed by atoms with Crippen molar-refractivity contribution in [2.75, 3.05) is 4.90 Å². The average Bonchev–Trinajstić information content (AvgIpc) is 2.80. The van der Waals surface area contributed by atoms with Gasteiger partial charge in [0.05, 0.1) is 0 Å². The van der Waals surface area contributed by atoms with Gasteiger partial charge < -0.3 is 4.90 Å². The molecule has 0 heterocycles. The summed E-state index contributed by atoms with van der Waals surface area (Å²) in [6.45, 7) is 26.2. The maximum atomic E-state index is 2.55. The molecule has 1 heteroatoms. The van der Waals surface area contributed by atoms with E-state index in [0.29, 0.717) is 0 Å². The summed E-state index contributed by atoms with van der Waals surface area (Å²) < 4.78 is 0. The van der Waals surface area contributed by atoms with Gasteiger partial charge in [0.25, 0.3) is 0 Å². The SMILES string of the molecule is Cc1cc(C)cc(N(c2ccc3c(c2)C(C)(C)CCC3(C)C)c2cc3c(cc2C)C(C)(C)CCC3(C)C)c1. The third-order valence-electron chi connectivity index (χ3n) is 9.97. The zero-order valence-corrected chi connectivity index (χ0v) is 25.9. The molecule has 0 atom stereocenters. The number of aryl methyl sites for hydroxylation is 3. The molecule has 3 aromatic carbocycles. The molecule has 0 spiro atoms. The molecule has 0 aliphatic heterocycles. The van der Waals surface area contributed by atoms with E-state index in [-0.39, 0.29) is 21.7 Å². The lowest BCUT2D eigenvalue weighted by Crippen LogP contribution is -2.34. The van der Waals surface area contributed by atoms with E-state index in [1.165, 1.54) is 81.7 Å². The van der Waals surface area contributed by atoms with Crippen LogP contribution >= 0.6 is 0 Å². The minimum Gasteiger partial charge on any atom is -0.310 e. The fourth-order valence-electron chi connectivity index (χ4n) is 7.17. The molecular weight excluding hydrogens is 458 g/mol. The van der Waals surface area contributed by atoms with Crippen LogP contribution in [-0.4, -0.2) is 0 Å². The van der Waals surface area contributed by atoms with Gasteiger partial charge in [-0.25, -0.2) is 0 Å². The van der Waals surface area contributed by atoms with E-state index in [1.807, 2.05) is 0 Å². The zero-order chi connectivity index (χ0) is 27.8. The van der Waals surface area contributed by atoms with Gasteiger partial charge in [-0.3, -0.25) is 0 Å². The molecule has 5 rings (SSSR count). The fourth-order valence-corrected chi connectivity index (χ4v) is 7.17. The number of fused-ring (bicyclic) bond motifs is 2. The van der Waals surface area contributed by atoms with E-state index in [1.54, 1.807) is 0 Å².